The highest BCUT2D eigenvalue weighted by molar-refractivity contribution is 6.32. The predicted octanol–water partition coefficient (Wildman–Crippen LogP) is 2.06. The highest BCUT2D eigenvalue weighted by atomic mass is 35.5. The number of likely N-dealkylation sites (N-methyl/N-ethyl adjacent to an activating group) is 1. The molecule has 27 heavy (non-hydrogen) atoms. The number of nitrogen functional groups attached to an aromatic ring is 1. The molecule has 0 aliphatic carbocycles. The van der Waals surface area contributed by atoms with Gasteiger partial charge in [0.05, 0.1) is 18.0 Å². The Hall–Kier alpha value is -2.87. The first kappa shape index (κ1) is 18.9. The number of aryl methyl sites for hydroxylation is 2. The van der Waals surface area contributed by atoms with Gasteiger partial charge in [0.2, 0.25) is 11.9 Å². The summed E-state index contributed by atoms with van der Waals surface area (Å²) in [5.41, 5.74) is 8.00. The van der Waals surface area contributed by atoms with E-state index < -0.39 is 0 Å². The lowest BCUT2D eigenvalue weighted by atomic mass is 10.1. The van der Waals surface area contributed by atoms with Crippen molar-refractivity contribution in [2.75, 3.05) is 25.9 Å². The van der Waals surface area contributed by atoms with Crippen molar-refractivity contribution >= 4 is 29.2 Å². The summed E-state index contributed by atoms with van der Waals surface area (Å²) in [5.74, 6) is 1.14. The van der Waals surface area contributed by atoms with Gasteiger partial charge in [-0.15, -0.1) is 5.10 Å². The average molecular weight is 389 g/mol. The number of hydrogen-bond acceptors (Lipinski definition) is 6. The number of rotatable bonds is 6. The quantitative estimate of drug-likeness (QED) is 0.694. The number of carbonyl (C=O) groups is 1. The van der Waals surface area contributed by atoms with Crippen molar-refractivity contribution in [2.45, 2.75) is 20.3 Å². The molecule has 1 amide bonds. The predicted molar refractivity (Wildman–Crippen MR) is 103 cm³/mol. The number of halogens is 1. The van der Waals surface area contributed by atoms with Gasteiger partial charge < -0.3 is 15.4 Å². The van der Waals surface area contributed by atoms with E-state index in [-0.39, 0.29) is 18.3 Å². The van der Waals surface area contributed by atoms with Crippen LogP contribution in [0.25, 0.3) is 5.78 Å². The summed E-state index contributed by atoms with van der Waals surface area (Å²) in [6.45, 7) is 4.51. The van der Waals surface area contributed by atoms with E-state index in [0.29, 0.717) is 29.7 Å². The molecule has 0 radical (unpaired) electrons. The molecule has 0 spiro atoms. The lowest BCUT2D eigenvalue weighted by molar-refractivity contribution is -0.129. The summed E-state index contributed by atoms with van der Waals surface area (Å²) in [6, 6.07) is 7.24. The maximum atomic E-state index is 12.6. The van der Waals surface area contributed by atoms with Crippen LogP contribution >= 0.6 is 11.6 Å². The monoisotopic (exact) mass is 388 g/mol. The van der Waals surface area contributed by atoms with Gasteiger partial charge in [0, 0.05) is 24.0 Å². The molecule has 0 aliphatic rings. The Balaban J connectivity index is 1.64. The van der Waals surface area contributed by atoms with Gasteiger partial charge in [0.25, 0.3) is 5.78 Å². The summed E-state index contributed by atoms with van der Waals surface area (Å²) in [5, 5.41) is 4.67. The minimum absolute atomic E-state index is 0.0433. The molecule has 9 heteroatoms. The Labute approximate surface area is 161 Å². The summed E-state index contributed by atoms with van der Waals surface area (Å²) >= 11 is 6.06. The van der Waals surface area contributed by atoms with E-state index in [9.17, 15) is 4.79 Å². The third-order valence-electron chi connectivity index (χ3n) is 4.34. The number of fused-ring (bicyclic) bond motifs is 1. The fourth-order valence-electron chi connectivity index (χ4n) is 2.74. The van der Waals surface area contributed by atoms with Gasteiger partial charge in [-0.25, -0.2) is 4.98 Å². The zero-order chi connectivity index (χ0) is 19.6. The van der Waals surface area contributed by atoms with E-state index in [1.54, 1.807) is 28.6 Å². The van der Waals surface area contributed by atoms with Crippen molar-refractivity contribution < 1.29 is 9.53 Å². The average Bonchev–Trinajstić information content (AvgIpc) is 3.00. The normalized spacial score (nSPS) is 11.0. The van der Waals surface area contributed by atoms with E-state index in [1.165, 1.54) is 0 Å². The molecule has 142 valence electrons. The summed E-state index contributed by atoms with van der Waals surface area (Å²) in [7, 11) is 1.74. The highest BCUT2D eigenvalue weighted by Crippen LogP contribution is 2.23. The molecule has 1 aromatic carbocycles. The van der Waals surface area contributed by atoms with Crippen LogP contribution in [-0.4, -0.2) is 50.6 Å². The zero-order valence-corrected chi connectivity index (χ0v) is 16.2. The molecule has 2 aromatic heterocycles. The van der Waals surface area contributed by atoms with Crippen LogP contribution in [0.15, 0.2) is 24.3 Å². The van der Waals surface area contributed by atoms with Crippen LogP contribution in [0, 0.1) is 13.8 Å². The third kappa shape index (κ3) is 4.11. The molecule has 2 heterocycles. The number of benzene rings is 1. The SMILES string of the molecule is Cc1nc2nc(N)nn2c(C)c1CC(=O)N(C)CCOc1ccccc1Cl. The van der Waals surface area contributed by atoms with Gasteiger partial charge in [0.15, 0.2) is 0 Å². The first-order valence-corrected chi connectivity index (χ1v) is 8.84. The number of hydrogen-bond donors (Lipinski definition) is 1. The molecule has 0 atom stereocenters. The number of anilines is 1. The summed E-state index contributed by atoms with van der Waals surface area (Å²) in [4.78, 5) is 22.7. The Morgan fingerprint density at radius 1 is 1.30 bits per heavy atom. The molecule has 3 rings (SSSR count). The van der Waals surface area contributed by atoms with E-state index in [4.69, 9.17) is 22.1 Å². The van der Waals surface area contributed by atoms with Crippen LogP contribution in [0.5, 0.6) is 5.75 Å². The second kappa shape index (κ2) is 7.79. The molecule has 0 bridgehead atoms. The lowest BCUT2D eigenvalue weighted by Crippen LogP contribution is -2.32. The zero-order valence-electron chi connectivity index (χ0n) is 15.4. The Kier molecular flexibility index (Phi) is 5.46. The van der Waals surface area contributed by atoms with Crippen LogP contribution in [-0.2, 0) is 11.2 Å². The minimum Gasteiger partial charge on any atom is -0.490 e. The molecular formula is C18H21ClN6O2. The van der Waals surface area contributed by atoms with Crippen molar-refractivity contribution in [3.05, 3.63) is 46.2 Å². The number of nitrogens with two attached hydrogens (primary N) is 1. The summed E-state index contributed by atoms with van der Waals surface area (Å²) < 4.78 is 7.20. The molecular weight excluding hydrogens is 368 g/mol. The molecule has 0 saturated carbocycles. The molecule has 8 nitrogen and oxygen atoms in total. The van der Waals surface area contributed by atoms with E-state index in [1.807, 2.05) is 26.0 Å². The number of ether oxygens (including phenoxy) is 1. The van der Waals surface area contributed by atoms with Crippen LogP contribution in [0.4, 0.5) is 5.95 Å². The van der Waals surface area contributed by atoms with Gasteiger partial charge in [-0.05, 0) is 26.0 Å². The lowest BCUT2D eigenvalue weighted by Gasteiger charge is -2.19. The molecule has 2 N–H and O–H groups in total. The third-order valence-corrected chi connectivity index (χ3v) is 4.65. The molecule has 0 saturated heterocycles. The van der Waals surface area contributed by atoms with Gasteiger partial charge in [-0.2, -0.15) is 9.50 Å². The van der Waals surface area contributed by atoms with E-state index in [0.717, 1.165) is 17.0 Å². The second-order valence-electron chi connectivity index (χ2n) is 6.21. The minimum atomic E-state index is -0.0433. The van der Waals surface area contributed by atoms with Crippen molar-refractivity contribution in [3.63, 3.8) is 0 Å². The first-order chi connectivity index (χ1) is 12.9. The van der Waals surface area contributed by atoms with Crippen LogP contribution in [0.3, 0.4) is 0 Å². The smallest absolute Gasteiger partial charge is 0.254 e. The fraction of sp³-hybridized carbons (Fsp3) is 0.333. The van der Waals surface area contributed by atoms with Gasteiger partial charge >= 0.3 is 0 Å². The number of nitrogens with zero attached hydrogens (tertiary/aromatic N) is 5. The number of carbonyl (C=O) groups excluding carboxylic acids is 1. The highest BCUT2D eigenvalue weighted by Gasteiger charge is 2.17. The standard InChI is InChI=1S/C18H21ClN6O2/c1-11-13(12(2)25-18(21-11)22-17(20)23-25)10-16(26)24(3)8-9-27-15-7-5-4-6-14(15)19/h4-7H,8-10H2,1-3H3,(H2,20,23). The van der Waals surface area contributed by atoms with Crippen LogP contribution in [0.2, 0.25) is 5.02 Å². The number of amides is 1. The Morgan fingerprint density at radius 2 is 2.04 bits per heavy atom. The summed E-state index contributed by atoms with van der Waals surface area (Å²) in [6.07, 6.45) is 0.211. The molecule has 0 unspecified atom stereocenters. The topological polar surface area (TPSA) is 98.6 Å². The van der Waals surface area contributed by atoms with E-state index >= 15 is 0 Å². The van der Waals surface area contributed by atoms with Gasteiger partial charge in [-0.3, -0.25) is 4.79 Å². The Morgan fingerprint density at radius 3 is 2.78 bits per heavy atom. The Bertz CT molecular complexity index is 987. The van der Waals surface area contributed by atoms with Gasteiger partial charge in [-0.1, -0.05) is 23.7 Å². The van der Waals surface area contributed by atoms with E-state index in [2.05, 4.69) is 15.1 Å². The second-order valence-corrected chi connectivity index (χ2v) is 6.62. The number of aromatic nitrogens is 4. The maximum absolute atomic E-state index is 12.6. The van der Waals surface area contributed by atoms with Crippen molar-refractivity contribution in [1.29, 1.82) is 0 Å². The first-order valence-electron chi connectivity index (χ1n) is 8.46. The molecule has 0 fully saturated rings. The van der Waals surface area contributed by atoms with Crippen molar-refractivity contribution in [1.82, 2.24) is 24.5 Å². The van der Waals surface area contributed by atoms with Crippen molar-refractivity contribution in [2.24, 2.45) is 0 Å². The largest absolute Gasteiger partial charge is 0.490 e. The van der Waals surface area contributed by atoms with Crippen LogP contribution < -0.4 is 10.5 Å². The molecule has 3 aromatic rings. The molecule has 0 aliphatic heterocycles. The van der Waals surface area contributed by atoms with Crippen LogP contribution in [0.1, 0.15) is 17.0 Å². The fourth-order valence-corrected chi connectivity index (χ4v) is 2.94. The van der Waals surface area contributed by atoms with Crippen molar-refractivity contribution in [3.8, 4) is 5.75 Å². The maximum Gasteiger partial charge on any atom is 0.254 e. The van der Waals surface area contributed by atoms with Gasteiger partial charge in [0.1, 0.15) is 12.4 Å². The number of para-hydroxylation sites is 1.